The zero-order chi connectivity index (χ0) is 14.2. The second-order valence-electron chi connectivity index (χ2n) is 4.37. The van der Waals surface area contributed by atoms with Gasteiger partial charge in [-0.25, -0.2) is 0 Å². The van der Waals surface area contributed by atoms with Crippen LogP contribution in [0.3, 0.4) is 0 Å². The summed E-state index contributed by atoms with van der Waals surface area (Å²) in [5, 5.41) is 10.6. The molecule has 0 saturated carbocycles. The highest BCUT2D eigenvalue weighted by molar-refractivity contribution is 9.10. The van der Waals surface area contributed by atoms with E-state index in [1.165, 1.54) is 6.07 Å². The van der Waals surface area contributed by atoms with Crippen LogP contribution in [0.2, 0.25) is 0 Å². The molecule has 0 saturated heterocycles. The van der Waals surface area contributed by atoms with Crippen LogP contribution in [0.4, 0.5) is 5.88 Å². The van der Waals surface area contributed by atoms with Crippen molar-refractivity contribution in [3.63, 3.8) is 0 Å². The van der Waals surface area contributed by atoms with Gasteiger partial charge in [0.2, 0.25) is 0 Å². The molecule has 6 heteroatoms. The Balaban J connectivity index is 2.40. The number of rotatable bonds is 3. The Morgan fingerprint density at radius 3 is 2.58 bits per heavy atom. The predicted molar refractivity (Wildman–Crippen MR) is 75.0 cm³/mol. The minimum absolute atomic E-state index is 0.295. The third kappa shape index (κ3) is 2.69. The topological polar surface area (TPSA) is 82.3 Å². The first kappa shape index (κ1) is 13.8. The molecular weight excluding hydrogens is 312 g/mol. The summed E-state index contributed by atoms with van der Waals surface area (Å²) in [5.74, 6) is 0.0912. The van der Waals surface area contributed by atoms with E-state index in [2.05, 4.69) is 15.9 Å². The summed E-state index contributed by atoms with van der Waals surface area (Å²) in [6, 6.07) is 6.27. The number of halogens is 1. The molecule has 2 rings (SSSR count). The maximum atomic E-state index is 10.6. The Labute approximate surface area is 118 Å². The van der Waals surface area contributed by atoms with Gasteiger partial charge in [0.15, 0.2) is 0 Å². The van der Waals surface area contributed by atoms with Gasteiger partial charge in [-0.1, -0.05) is 22.0 Å². The van der Waals surface area contributed by atoms with Gasteiger partial charge in [0.05, 0.1) is 12.1 Å². The Bertz CT molecular complexity index is 637. The van der Waals surface area contributed by atoms with E-state index in [0.29, 0.717) is 5.76 Å². The Kier molecular flexibility index (Phi) is 3.73. The van der Waals surface area contributed by atoms with Crippen LogP contribution in [0.15, 0.2) is 33.2 Å². The fraction of sp³-hybridized carbons (Fsp3) is 0.231. The molecule has 0 amide bonds. The number of hydrogen-bond donors (Lipinski definition) is 1. The molecule has 2 N–H and O–H groups in total. The van der Waals surface area contributed by atoms with Crippen LogP contribution in [-0.4, -0.2) is 4.92 Å². The molecule has 0 spiro atoms. The molecule has 1 aromatic carbocycles. The van der Waals surface area contributed by atoms with Crippen LogP contribution in [0.5, 0.6) is 0 Å². The summed E-state index contributed by atoms with van der Waals surface area (Å²) in [6.45, 7) is 3.90. The predicted octanol–water partition coefficient (Wildman–Crippen LogP) is 3.62. The van der Waals surface area contributed by atoms with Crippen LogP contribution < -0.4 is 5.73 Å². The number of furan rings is 1. The Morgan fingerprint density at radius 2 is 2.00 bits per heavy atom. The van der Waals surface area contributed by atoms with Gasteiger partial charge < -0.3 is 10.2 Å². The van der Waals surface area contributed by atoms with Crippen LogP contribution in [0, 0.1) is 24.0 Å². The quantitative estimate of drug-likeness (QED) is 0.690. The molecule has 1 atom stereocenters. The molecule has 0 aliphatic heterocycles. The summed E-state index contributed by atoms with van der Waals surface area (Å²) in [4.78, 5) is 10.0. The summed E-state index contributed by atoms with van der Waals surface area (Å²) < 4.78 is 6.16. The third-order valence-electron chi connectivity index (χ3n) is 2.98. The molecule has 1 aromatic heterocycles. The lowest BCUT2D eigenvalue weighted by Gasteiger charge is -2.14. The van der Waals surface area contributed by atoms with Crippen molar-refractivity contribution >= 4 is 21.8 Å². The number of hydrogen-bond acceptors (Lipinski definition) is 4. The first-order chi connectivity index (χ1) is 8.90. The summed E-state index contributed by atoms with van der Waals surface area (Å²) in [7, 11) is 0. The highest BCUT2D eigenvalue weighted by Crippen LogP contribution is 2.30. The molecule has 1 heterocycles. The van der Waals surface area contributed by atoms with Gasteiger partial charge in [0.25, 0.3) is 0 Å². The number of benzene rings is 1. The van der Waals surface area contributed by atoms with Crippen molar-refractivity contribution in [3.05, 3.63) is 61.3 Å². The van der Waals surface area contributed by atoms with E-state index in [1.807, 2.05) is 26.0 Å². The number of nitrogens with zero attached hydrogens (tertiary/aromatic N) is 1. The highest BCUT2D eigenvalue weighted by atomic mass is 79.9. The fourth-order valence-corrected chi connectivity index (χ4v) is 2.36. The van der Waals surface area contributed by atoms with Gasteiger partial charge in [0.1, 0.15) is 10.7 Å². The van der Waals surface area contributed by atoms with Gasteiger partial charge >= 0.3 is 5.88 Å². The Morgan fingerprint density at radius 1 is 1.32 bits per heavy atom. The molecule has 0 aliphatic rings. The van der Waals surface area contributed by atoms with Crippen LogP contribution >= 0.6 is 15.9 Å². The van der Waals surface area contributed by atoms with Crippen molar-refractivity contribution in [2.24, 2.45) is 5.73 Å². The molecule has 0 bridgehead atoms. The molecular formula is C13H13BrN2O3. The number of aryl methyl sites for hydroxylation is 2. The first-order valence-corrected chi connectivity index (χ1v) is 6.46. The van der Waals surface area contributed by atoms with Gasteiger partial charge in [-0.3, -0.25) is 10.1 Å². The molecule has 19 heavy (non-hydrogen) atoms. The monoisotopic (exact) mass is 324 g/mol. The average molecular weight is 325 g/mol. The summed E-state index contributed by atoms with van der Waals surface area (Å²) in [5.41, 5.74) is 9.07. The third-order valence-corrected chi connectivity index (χ3v) is 3.84. The van der Waals surface area contributed by atoms with E-state index in [1.54, 1.807) is 6.07 Å². The van der Waals surface area contributed by atoms with Gasteiger partial charge in [-0.05, 0) is 42.7 Å². The minimum Gasteiger partial charge on any atom is -0.404 e. The van der Waals surface area contributed by atoms with E-state index in [-0.39, 0.29) is 5.88 Å². The summed E-state index contributed by atoms with van der Waals surface area (Å²) in [6.07, 6.45) is 0. The smallest absolute Gasteiger partial charge is 0.404 e. The van der Waals surface area contributed by atoms with Gasteiger partial charge in [-0.15, -0.1) is 0 Å². The van der Waals surface area contributed by atoms with Crippen molar-refractivity contribution in [2.45, 2.75) is 19.9 Å². The zero-order valence-electron chi connectivity index (χ0n) is 10.5. The maximum absolute atomic E-state index is 10.6. The lowest BCUT2D eigenvalue weighted by Crippen LogP contribution is -2.12. The lowest BCUT2D eigenvalue weighted by molar-refractivity contribution is -0.402. The van der Waals surface area contributed by atoms with Crippen molar-refractivity contribution in [2.75, 3.05) is 0 Å². The molecule has 5 nitrogen and oxygen atoms in total. The Hall–Kier alpha value is -1.66. The van der Waals surface area contributed by atoms with Crippen LogP contribution in [0.1, 0.15) is 28.5 Å². The van der Waals surface area contributed by atoms with Crippen molar-refractivity contribution in [1.82, 2.24) is 0 Å². The van der Waals surface area contributed by atoms with E-state index in [0.717, 1.165) is 21.2 Å². The molecule has 0 aliphatic carbocycles. The van der Waals surface area contributed by atoms with Crippen LogP contribution in [-0.2, 0) is 0 Å². The maximum Gasteiger partial charge on any atom is 0.433 e. The van der Waals surface area contributed by atoms with Crippen molar-refractivity contribution < 1.29 is 9.34 Å². The van der Waals surface area contributed by atoms with E-state index in [9.17, 15) is 10.1 Å². The number of nitrogens with two attached hydrogens (primary N) is 1. The zero-order valence-corrected chi connectivity index (χ0v) is 12.1. The summed E-state index contributed by atoms with van der Waals surface area (Å²) >= 11 is 3.46. The SMILES string of the molecule is Cc1cc(C(N)c2ccc([N+](=O)[O-])o2)c(C)cc1Br. The van der Waals surface area contributed by atoms with Crippen molar-refractivity contribution in [1.29, 1.82) is 0 Å². The fourth-order valence-electron chi connectivity index (χ4n) is 1.90. The first-order valence-electron chi connectivity index (χ1n) is 5.66. The normalized spacial score (nSPS) is 12.4. The van der Waals surface area contributed by atoms with E-state index in [4.69, 9.17) is 10.2 Å². The molecule has 1 unspecified atom stereocenters. The lowest BCUT2D eigenvalue weighted by atomic mass is 9.98. The minimum atomic E-state index is -0.574. The van der Waals surface area contributed by atoms with Gasteiger partial charge in [0, 0.05) is 4.47 Å². The highest BCUT2D eigenvalue weighted by Gasteiger charge is 2.20. The second-order valence-corrected chi connectivity index (χ2v) is 5.22. The largest absolute Gasteiger partial charge is 0.433 e. The molecule has 0 radical (unpaired) electrons. The molecule has 100 valence electrons. The van der Waals surface area contributed by atoms with Crippen LogP contribution in [0.25, 0.3) is 0 Å². The molecule has 0 fully saturated rings. The van der Waals surface area contributed by atoms with Gasteiger partial charge in [-0.2, -0.15) is 0 Å². The average Bonchev–Trinajstić information content (AvgIpc) is 2.82. The second kappa shape index (κ2) is 5.14. The number of nitro groups is 1. The van der Waals surface area contributed by atoms with E-state index >= 15 is 0 Å². The van der Waals surface area contributed by atoms with Crippen molar-refractivity contribution in [3.8, 4) is 0 Å². The molecule has 2 aromatic rings. The standard InChI is InChI=1S/C13H13BrN2O3/c1-7-6-10(14)8(2)5-9(7)13(15)11-3-4-12(19-11)16(17)18/h3-6,13H,15H2,1-2H3. The van der Waals surface area contributed by atoms with E-state index < -0.39 is 11.0 Å².